The van der Waals surface area contributed by atoms with Gasteiger partial charge in [0.2, 0.25) is 5.91 Å². The zero-order valence-corrected chi connectivity index (χ0v) is 13.2. The topological polar surface area (TPSA) is 75.2 Å². The first-order valence-corrected chi connectivity index (χ1v) is 7.32. The molecule has 0 saturated carbocycles. The number of nitrogens with one attached hydrogen (secondary N) is 1. The van der Waals surface area contributed by atoms with Crippen LogP contribution >= 0.6 is 0 Å². The maximum absolute atomic E-state index is 12.4. The summed E-state index contributed by atoms with van der Waals surface area (Å²) in [5, 5.41) is 2.90. The van der Waals surface area contributed by atoms with Crippen molar-refractivity contribution in [3.8, 4) is 0 Å². The van der Waals surface area contributed by atoms with E-state index in [1.165, 1.54) is 18.6 Å². The highest BCUT2D eigenvalue weighted by Crippen LogP contribution is 2.06. The monoisotopic (exact) mass is 292 g/mol. The summed E-state index contributed by atoms with van der Waals surface area (Å²) in [5.41, 5.74) is 0.300. The highest BCUT2D eigenvalue weighted by atomic mass is 16.2. The van der Waals surface area contributed by atoms with Crippen LogP contribution in [0.25, 0.3) is 0 Å². The third kappa shape index (κ3) is 5.49. The molecule has 0 spiro atoms. The number of amides is 2. The van der Waals surface area contributed by atoms with E-state index in [0.717, 1.165) is 6.42 Å². The van der Waals surface area contributed by atoms with Gasteiger partial charge in [-0.05, 0) is 27.2 Å². The summed E-state index contributed by atoms with van der Waals surface area (Å²) in [4.78, 5) is 33.7. The highest BCUT2D eigenvalue weighted by molar-refractivity contribution is 5.92. The molecule has 1 rings (SSSR count). The van der Waals surface area contributed by atoms with Gasteiger partial charge in [-0.1, -0.05) is 6.92 Å². The Morgan fingerprint density at radius 3 is 2.52 bits per heavy atom. The molecule has 21 heavy (non-hydrogen) atoms. The summed E-state index contributed by atoms with van der Waals surface area (Å²) in [7, 11) is 0. The molecule has 0 aliphatic carbocycles. The van der Waals surface area contributed by atoms with Gasteiger partial charge in [0.05, 0.1) is 6.20 Å². The third-order valence-corrected chi connectivity index (χ3v) is 3.27. The molecule has 0 unspecified atom stereocenters. The maximum Gasteiger partial charge on any atom is 0.274 e. The second-order valence-electron chi connectivity index (χ2n) is 5.31. The Morgan fingerprint density at radius 2 is 2.00 bits per heavy atom. The molecule has 1 atom stereocenters. The van der Waals surface area contributed by atoms with E-state index < -0.39 is 0 Å². The van der Waals surface area contributed by atoms with Crippen LogP contribution in [-0.2, 0) is 4.79 Å². The normalized spacial score (nSPS) is 12.0. The average molecular weight is 292 g/mol. The molecule has 0 radical (unpaired) electrons. The van der Waals surface area contributed by atoms with Gasteiger partial charge >= 0.3 is 0 Å². The average Bonchev–Trinajstić information content (AvgIpc) is 2.47. The molecule has 6 nitrogen and oxygen atoms in total. The zero-order valence-electron chi connectivity index (χ0n) is 13.2. The predicted octanol–water partition coefficient (Wildman–Crippen LogP) is 1.63. The molecule has 0 saturated heterocycles. The number of carbonyl (C=O) groups is 2. The van der Waals surface area contributed by atoms with Crippen molar-refractivity contribution in [3.05, 3.63) is 24.3 Å². The molecule has 1 aromatic rings. The fraction of sp³-hybridized carbons (Fsp3) is 0.600. The lowest BCUT2D eigenvalue weighted by atomic mass is 10.2. The smallest absolute Gasteiger partial charge is 0.274 e. The van der Waals surface area contributed by atoms with Crippen LogP contribution in [0.5, 0.6) is 0 Å². The van der Waals surface area contributed by atoms with Gasteiger partial charge in [-0.3, -0.25) is 14.6 Å². The summed E-state index contributed by atoms with van der Waals surface area (Å²) in [5.74, 6) is -0.239. The van der Waals surface area contributed by atoms with Crippen molar-refractivity contribution in [1.82, 2.24) is 20.2 Å². The van der Waals surface area contributed by atoms with E-state index in [0.29, 0.717) is 12.2 Å². The lowest BCUT2D eigenvalue weighted by molar-refractivity contribution is -0.121. The van der Waals surface area contributed by atoms with Crippen LogP contribution < -0.4 is 5.32 Å². The number of aromatic nitrogens is 2. The second-order valence-corrected chi connectivity index (χ2v) is 5.31. The lowest BCUT2D eigenvalue weighted by Crippen LogP contribution is -2.41. The van der Waals surface area contributed by atoms with Crippen molar-refractivity contribution in [2.45, 2.75) is 52.6 Å². The molecule has 0 aliphatic rings. The van der Waals surface area contributed by atoms with Crippen LogP contribution in [-0.4, -0.2) is 45.3 Å². The third-order valence-electron chi connectivity index (χ3n) is 3.27. The first kappa shape index (κ1) is 17.1. The van der Waals surface area contributed by atoms with Gasteiger partial charge in [-0.25, -0.2) is 4.98 Å². The Bertz CT molecular complexity index is 462. The Morgan fingerprint density at radius 1 is 1.29 bits per heavy atom. The number of hydrogen-bond donors (Lipinski definition) is 1. The Labute approximate surface area is 126 Å². The fourth-order valence-corrected chi connectivity index (χ4v) is 1.82. The second kappa shape index (κ2) is 8.34. The predicted molar refractivity (Wildman–Crippen MR) is 80.7 cm³/mol. The van der Waals surface area contributed by atoms with Gasteiger partial charge < -0.3 is 10.2 Å². The van der Waals surface area contributed by atoms with Gasteiger partial charge in [-0.15, -0.1) is 0 Å². The molecule has 0 fully saturated rings. The van der Waals surface area contributed by atoms with Gasteiger partial charge in [-0.2, -0.15) is 0 Å². The molecule has 116 valence electrons. The first-order valence-electron chi connectivity index (χ1n) is 7.32. The Balaban J connectivity index is 2.63. The van der Waals surface area contributed by atoms with Crippen molar-refractivity contribution in [3.63, 3.8) is 0 Å². The zero-order chi connectivity index (χ0) is 15.8. The van der Waals surface area contributed by atoms with Crippen molar-refractivity contribution < 1.29 is 9.59 Å². The van der Waals surface area contributed by atoms with Crippen LogP contribution in [0.1, 0.15) is 51.0 Å². The molecule has 1 heterocycles. The van der Waals surface area contributed by atoms with Gasteiger partial charge in [0, 0.05) is 37.4 Å². The van der Waals surface area contributed by atoms with Crippen molar-refractivity contribution >= 4 is 11.8 Å². The molecular formula is C15H24N4O2. The molecule has 6 heteroatoms. The summed E-state index contributed by atoms with van der Waals surface area (Å²) in [6.07, 6.45) is 5.63. The molecule has 0 aromatic carbocycles. The summed E-state index contributed by atoms with van der Waals surface area (Å²) in [6, 6.07) is 0.150. The van der Waals surface area contributed by atoms with Crippen LogP contribution in [0.4, 0.5) is 0 Å². The molecule has 1 N–H and O–H groups in total. The minimum absolute atomic E-state index is 0.00379. The van der Waals surface area contributed by atoms with Crippen LogP contribution in [0.15, 0.2) is 18.6 Å². The fourth-order valence-electron chi connectivity index (χ4n) is 1.82. The van der Waals surface area contributed by atoms with E-state index in [9.17, 15) is 9.59 Å². The van der Waals surface area contributed by atoms with E-state index in [1.54, 1.807) is 4.90 Å². The lowest BCUT2D eigenvalue weighted by Gasteiger charge is -2.26. The molecular weight excluding hydrogens is 268 g/mol. The SMILES string of the molecule is CC[C@@H](C)NC(=O)CCN(C(=O)c1cnccn1)C(C)C. The Kier molecular flexibility index (Phi) is 6.78. The quantitative estimate of drug-likeness (QED) is 0.829. The van der Waals surface area contributed by atoms with Crippen molar-refractivity contribution in [2.75, 3.05) is 6.54 Å². The van der Waals surface area contributed by atoms with Crippen LogP contribution in [0.2, 0.25) is 0 Å². The number of carbonyl (C=O) groups excluding carboxylic acids is 2. The standard InChI is InChI=1S/C15H24N4O2/c1-5-12(4)18-14(20)6-9-19(11(2)3)15(21)13-10-16-7-8-17-13/h7-8,10-12H,5-6,9H2,1-4H3,(H,18,20)/t12-/m1/s1. The minimum atomic E-state index is -0.200. The minimum Gasteiger partial charge on any atom is -0.354 e. The number of rotatable bonds is 7. The molecule has 1 aromatic heterocycles. The van der Waals surface area contributed by atoms with E-state index in [1.807, 2.05) is 27.7 Å². The Hall–Kier alpha value is -1.98. The van der Waals surface area contributed by atoms with E-state index in [4.69, 9.17) is 0 Å². The largest absolute Gasteiger partial charge is 0.354 e. The molecule has 0 bridgehead atoms. The highest BCUT2D eigenvalue weighted by Gasteiger charge is 2.21. The summed E-state index contributed by atoms with van der Waals surface area (Å²) < 4.78 is 0. The first-order chi connectivity index (χ1) is 9.95. The van der Waals surface area contributed by atoms with Crippen LogP contribution in [0, 0.1) is 0 Å². The van der Waals surface area contributed by atoms with E-state index in [-0.39, 0.29) is 30.3 Å². The van der Waals surface area contributed by atoms with Gasteiger partial charge in [0.25, 0.3) is 5.91 Å². The van der Waals surface area contributed by atoms with Gasteiger partial charge in [0.15, 0.2) is 0 Å². The molecule has 2 amide bonds. The van der Waals surface area contributed by atoms with E-state index >= 15 is 0 Å². The van der Waals surface area contributed by atoms with E-state index in [2.05, 4.69) is 15.3 Å². The molecule has 0 aliphatic heterocycles. The summed E-state index contributed by atoms with van der Waals surface area (Å²) in [6.45, 7) is 8.18. The maximum atomic E-state index is 12.4. The summed E-state index contributed by atoms with van der Waals surface area (Å²) >= 11 is 0. The number of hydrogen-bond acceptors (Lipinski definition) is 4. The van der Waals surface area contributed by atoms with Crippen LogP contribution in [0.3, 0.4) is 0 Å². The van der Waals surface area contributed by atoms with Crippen molar-refractivity contribution in [2.24, 2.45) is 0 Å². The van der Waals surface area contributed by atoms with Gasteiger partial charge in [0.1, 0.15) is 5.69 Å². The van der Waals surface area contributed by atoms with Crippen molar-refractivity contribution in [1.29, 1.82) is 0 Å². The number of nitrogens with zero attached hydrogens (tertiary/aromatic N) is 3.